The van der Waals surface area contributed by atoms with E-state index < -0.39 is 6.61 Å². The van der Waals surface area contributed by atoms with Crippen LogP contribution in [0.1, 0.15) is 24.1 Å². The van der Waals surface area contributed by atoms with Crippen LogP contribution in [0.15, 0.2) is 47.2 Å². The highest BCUT2D eigenvalue weighted by Gasteiger charge is 2.11. The first-order chi connectivity index (χ1) is 10.1. The second-order valence-electron chi connectivity index (χ2n) is 4.51. The maximum atomic E-state index is 12.4. The number of hydrogen-bond acceptors (Lipinski definition) is 3. The molecule has 0 saturated carbocycles. The number of ether oxygens (including phenoxy) is 1. The zero-order chi connectivity index (χ0) is 15.2. The monoisotopic (exact) mass is 356 g/mol. The van der Waals surface area contributed by atoms with Crippen LogP contribution < -0.4 is 10.1 Å². The molecule has 1 aromatic carbocycles. The van der Waals surface area contributed by atoms with E-state index in [9.17, 15) is 8.78 Å². The third-order valence-corrected chi connectivity index (χ3v) is 3.54. The first kappa shape index (κ1) is 15.9. The van der Waals surface area contributed by atoms with Crippen LogP contribution in [0.3, 0.4) is 0 Å². The van der Waals surface area contributed by atoms with Gasteiger partial charge < -0.3 is 10.1 Å². The molecule has 1 N–H and O–H groups in total. The largest absolute Gasteiger partial charge is 0.434 e. The molecule has 2 rings (SSSR count). The fourth-order valence-corrected chi connectivity index (χ4v) is 2.34. The van der Waals surface area contributed by atoms with Crippen LogP contribution in [-0.4, -0.2) is 11.6 Å². The van der Waals surface area contributed by atoms with Crippen LogP contribution in [0.2, 0.25) is 0 Å². The molecular formula is C15H15BrF2N2O. The molecule has 0 radical (unpaired) electrons. The lowest BCUT2D eigenvalue weighted by Crippen LogP contribution is -2.19. The summed E-state index contributed by atoms with van der Waals surface area (Å²) >= 11 is 3.34. The Morgan fingerprint density at radius 3 is 2.62 bits per heavy atom. The van der Waals surface area contributed by atoms with Crippen molar-refractivity contribution in [3.05, 3.63) is 58.3 Å². The quantitative estimate of drug-likeness (QED) is 0.837. The minimum absolute atomic E-state index is 0.0754. The van der Waals surface area contributed by atoms with Gasteiger partial charge in [0, 0.05) is 35.0 Å². The van der Waals surface area contributed by atoms with E-state index in [1.165, 1.54) is 6.07 Å². The van der Waals surface area contributed by atoms with Crippen LogP contribution in [0.5, 0.6) is 5.75 Å². The van der Waals surface area contributed by atoms with Gasteiger partial charge in [-0.15, -0.1) is 0 Å². The second kappa shape index (κ2) is 7.47. The molecule has 3 nitrogen and oxygen atoms in total. The van der Waals surface area contributed by atoms with Crippen molar-refractivity contribution in [2.75, 3.05) is 0 Å². The fourth-order valence-electron chi connectivity index (χ4n) is 1.93. The summed E-state index contributed by atoms with van der Waals surface area (Å²) in [4.78, 5) is 3.97. The van der Waals surface area contributed by atoms with E-state index in [2.05, 4.69) is 31.0 Å². The maximum Gasteiger partial charge on any atom is 0.387 e. The molecule has 0 amide bonds. The molecule has 1 aromatic heterocycles. The number of rotatable bonds is 6. The molecule has 6 heteroatoms. The van der Waals surface area contributed by atoms with Crippen LogP contribution in [0, 0.1) is 0 Å². The Kier molecular flexibility index (Phi) is 5.64. The molecule has 112 valence electrons. The van der Waals surface area contributed by atoms with Crippen molar-refractivity contribution < 1.29 is 13.5 Å². The second-order valence-corrected chi connectivity index (χ2v) is 5.43. The smallest absolute Gasteiger partial charge is 0.387 e. The number of hydrogen-bond donors (Lipinski definition) is 1. The van der Waals surface area contributed by atoms with Gasteiger partial charge in [-0.3, -0.25) is 4.98 Å². The molecule has 1 atom stereocenters. The SMILES string of the molecule is C[C@@H](NCc1cc(Br)ccc1OC(F)F)c1ccncc1. The summed E-state index contributed by atoms with van der Waals surface area (Å²) in [5, 5.41) is 3.28. The molecule has 0 bridgehead atoms. The zero-order valence-electron chi connectivity index (χ0n) is 11.4. The standard InChI is InChI=1S/C15H15BrF2N2O/c1-10(11-4-6-19-7-5-11)20-9-12-8-13(16)2-3-14(12)21-15(17)18/h2-8,10,15,20H,9H2,1H3/t10-/m1/s1. The molecular weight excluding hydrogens is 342 g/mol. The highest BCUT2D eigenvalue weighted by molar-refractivity contribution is 9.10. The Morgan fingerprint density at radius 2 is 1.95 bits per heavy atom. The molecule has 0 fully saturated rings. The fraction of sp³-hybridized carbons (Fsp3) is 0.267. The first-order valence-electron chi connectivity index (χ1n) is 6.43. The van der Waals surface area contributed by atoms with Crippen LogP contribution in [0.4, 0.5) is 8.78 Å². The van der Waals surface area contributed by atoms with E-state index in [0.717, 1.165) is 10.0 Å². The minimum Gasteiger partial charge on any atom is -0.434 e. The van der Waals surface area contributed by atoms with Gasteiger partial charge in [0.15, 0.2) is 0 Å². The lowest BCUT2D eigenvalue weighted by atomic mass is 10.1. The third-order valence-electron chi connectivity index (χ3n) is 3.04. The van der Waals surface area contributed by atoms with Crippen LogP contribution in [-0.2, 0) is 6.54 Å². The van der Waals surface area contributed by atoms with E-state index >= 15 is 0 Å². The van der Waals surface area contributed by atoms with Gasteiger partial charge in [0.25, 0.3) is 0 Å². The lowest BCUT2D eigenvalue weighted by Gasteiger charge is -2.16. The van der Waals surface area contributed by atoms with Gasteiger partial charge in [-0.2, -0.15) is 8.78 Å². The number of pyridine rings is 1. The predicted octanol–water partition coefficient (Wildman–Crippen LogP) is 4.30. The van der Waals surface area contributed by atoms with Gasteiger partial charge in [0.2, 0.25) is 0 Å². The summed E-state index contributed by atoms with van der Waals surface area (Å²) < 4.78 is 30.2. The summed E-state index contributed by atoms with van der Waals surface area (Å²) in [6, 6.07) is 8.87. The Balaban J connectivity index is 2.07. The number of aromatic nitrogens is 1. The number of halogens is 3. The molecule has 2 aromatic rings. The van der Waals surface area contributed by atoms with Crippen molar-refractivity contribution in [3.8, 4) is 5.75 Å². The average molecular weight is 357 g/mol. The lowest BCUT2D eigenvalue weighted by molar-refractivity contribution is -0.0505. The summed E-state index contributed by atoms with van der Waals surface area (Å²) in [7, 11) is 0. The summed E-state index contributed by atoms with van der Waals surface area (Å²) in [5.74, 6) is 0.183. The molecule has 0 spiro atoms. The normalized spacial score (nSPS) is 12.4. The Bertz CT molecular complexity index is 581. The molecule has 0 aliphatic carbocycles. The number of alkyl halides is 2. The van der Waals surface area contributed by atoms with Gasteiger partial charge in [-0.25, -0.2) is 0 Å². The van der Waals surface area contributed by atoms with Crippen molar-refractivity contribution in [1.82, 2.24) is 10.3 Å². The molecule has 0 saturated heterocycles. The van der Waals surface area contributed by atoms with Gasteiger partial charge in [-0.1, -0.05) is 15.9 Å². The van der Waals surface area contributed by atoms with Crippen LogP contribution in [0.25, 0.3) is 0 Å². The maximum absolute atomic E-state index is 12.4. The summed E-state index contributed by atoms with van der Waals surface area (Å²) in [5.41, 5.74) is 1.75. The summed E-state index contributed by atoms with van der Waals surface area (Å²) in [6.45, 7) is -0.408. The van der Waals surface area contributed by atoms with Crippen LogP contribution >= 0.6 is 15.9 Å². The van der Waals surface area contributed by atoms with Gasteiger partial charge in [0.05, 0.1) is 0 Å². The highest BCUT2D eigenvalue weighted by Crippen LogP contribution is 2.25. The average Bonchev–Trinajstić information content (AvgIpc) is 2.47. The van der Waals surface area contributed by atoms with E-state index in [1.807, 2.05) is 19.1 Å². The van der Waals surface area contributed by atoms with E-state index in [-0.39, 0.29) is 11.8 Å². The van der Waals surface area contributed by atoms with E-state index in [0.29, 0.717) is 12.1 Å². The molecule has 0 unspecified atom stereocenters. The van der Waals surface area contributed by atoms with Crippen molar-refractivity contribution in [2.45, 2.75) is 26.1 Å². The third kappa shape index (κ3) is 4.75. The van der Waals surface area contributed by atoms with E-state index in [1.54, 1.807) is 24.5 Å². The van der Waals surface area contributed by atoms with Gasteiger partial charge >= 0.3 is 6.61 Å². The number of nitrogens with zero attached hydrogens (tertiary/aromatic N) is 1. The Labute approximate surface area is 130 Å². The number of benzene rings is 1. The van der Waals surface area contributed by atoms with E-state index in [4.69, 9.17) is 0 Å². The Hall–Kier alpha value is -1.53. The minimum atomic E-state index is -2.83. The molecule has 21 heavy (non-hydrogen) atoms. The molecule has 0 aliphatic rings. The topological polar surface area (TPSA) is 34.1 Å². The zero-order valence-corrected chi connectivity index (χ0v) is 13.0. The summed E-state index contributed by atoms with van der Waals surface area (Å²) in [6.07, 6.45) is 3.44. The molecule has 1 heterocycles. The molecule has 0 aliphatic heterocycles. The van der Waals surface area contributed by atoms with Crippen molar-refractivity contribution >= 4 is 15.9 Å². The van der Waals surface area contributed by atoms with Crippen molar-refractivity contribution in [2.24, 2.45) is 0 Å². The van der Waals surface area contributed by atoms with Crippen molar-refractivity contribution in [3.63, 3.8) is 0 Å². The first-order valence-corrected chi connectivity index (χ1v) is 7.22. The van der Waals surface area contributed by atoms with Gasteiger partial charge in [0.1, 0.15) is 5.75 Å². The Morgan fingerprint density at radius 1 is 1.24 bits per heavy atom. The van der Waals surface area contributed by atoms with Crippen molar-refractivity contribution in [1.29, 1.82) is 0 Å². The predicted molar refractivity (Wildman–Crippen MR) is 80.3 cm³/mol. The highest BCUT2D eigenvalue weighted by atomic mass is 79.9. The number of nitrogens with one attached hydrogen (secondary N) is 1. The van der Waals surface area contributed by atoms with Gasteiger partial charge in [-0.05, 0) is 42.8 Å².